The quantitative estimate of drug-likeness (QED) is 0.538. The van der Waals surface area contributed by atoms with E-state index in [0.29, 0.717) is 13.0 Å². The van der Waals surface area contributed by atoms with Gasteiger partial charge in [-0.3, -0.25) is 9.78 Å². The van der Waals surface area contributed by atoms with E-state index in [-0.39, 0.29) is 5.97 Å². The van der Waals surface area contributed by atoms with Crippen molar-refractivity contribution in [3.05, 3.63) is 29.6 Å². The van der Waals surface area contributed by atoms with Crippen molar-refractivity contribution >= 4 is 5.97 Å². The molecule has 0 saturated carbocycles. The van der Waals surface area contributed by atoms with Crippen LogP contribution in [0.25, 0.3) is 0 Å². The van der Waals surface area contributed by atoms with Crippen LogP contribution in [0, 0.1) is 6.92 Å². The van der Waals surface area contributed by atoms with Crippen molar-refractivity contribution in [3.8, 4) is 0 Å². The van der Waals surface area contributed by atoms with Crippen molar-refractivity contribution in [2.75, 3.05) is 6.61 Å². The number of carbonyl (C=O) groups excluding carboxylic acids is 1. The Labute approximate surface area is 103 Å². The lowest BCUT2D eigenvalue weighted by Crippen LogP contribution is -2.06. The minimum absolute atomic E-state index is 0.0796. The molecule has 0 spiro atoms. The molecule has 0 fully saturated rings. The first kappa shape index (κ1) is 13.7. The van der Waals surface area contributed by atoms with Gasteiger partial charge in [0.15, 0.2) is 0 Å². The summed E-state index contributed by atoms with van der Waals surface area (Å²) in [6.07, 6.45) is 4.19. The second-order valence-electron chi connectivity index (χ2n) is 4.20. The molecule has 0 amide bonds. The van der Waals surface area contributed by atoms with Gasteiger partial charge in [0.2, 0.25) is 0 Å². The number of aromatic nitrogens is 1. The summed E-state index contributed by atoms with van der Waals surface area (Å²) >= 11 is 0. The number of carbonyl (C=O) groups is 1. The molecular weight excluding hydrogens is 214 g/mol. The van der Waals surface area contributed by atoms with E-state index in [9.17, 15) is 4.79 Å². The summed E-state index contributed by atoms with van der Waals surface area (Å²) in [5, 5.41) is 0. The topological polar surface area (TPSA) is 39.2 Å². The summed E-state index contributed by atoms with van der Waals surface area (Å²) in [5.74, 6) is -0.0796. The van der Waals surface area contributed by atoms with Crippen LogP contribution >= 0.6 is 0 Å². The number of nitrogens with zero attached hydrogens (tertiary/aromatic N) is 1. The van der Waals surface area contributed by atoms with Crippen LogP contribution in [0.5, 0.6) is 0 Å². The Balaban J connectivity index is 2.14. The van der Waals surface area contributed by atoms with Crippen LogP contribution in [0.4, 0.5) is 0 Å². The van der Waals surface area contributed by atoms with Gasteiger partial charge in [-0.25, -0.2) is 0 Å². The molecule has 17 heavy (non-hydrogen) atoms. The number of esters is 1. The van der Waals surface area contributed by atoms with E-state index in [1.54, 1.807) is 0 Å². The highest BCUT2D eigenvalue weighted by Crippen LogP contribution is 2.03. The maximum absolute atomic E-state index is 11.2. The fourth-order valence-electron chi connectivity index (χ4n) is 1.57. The van der Waals surface area contributed by atoms with Crippen molar-refractivity contribution in [3.63, 3.8) is 0 Å². The summed E-state index contributed by atoms with van der Waals surface area (Å²) in [5.41, 5.74) is 2.09. The van der Waals surface area contributed by atoms with Crippen LogP contribution < -0.4 is 0 Å². The average Bonchev–Trinajstić information content (AvgIpc) is 2.32. The van der Waals surface area contributed by atoms with Crippen molar-refractivity contribution in [2.45, 2.75) is 46.0 Å². The van der Waals surface area contributed by atoms with E-state index in [0.717, 1.165) is 37.1 Å². The zero-order valence-corrected chi connectivity index (χ0v) is 10.7. The number of pyridine rings is 1. The van der Waals surface area contributed by atoms with E-state index in [2.05, 4.69) is 11.9 Å². The first-order chi connectivity index (χ1) is 8.22. The van der Waals surface area contributed by atoms with Gasteiger partial charge in [0, 0.05) is 17.8 Å². The molecule has 0 aliphatic rings. The largest absolute Gasteiger partial charge is 0.466 e. The fraction of sp³-hybridized carbons (Fsp3) is 0.571. The van der Waals surface area contributed by atoms with E-state index >= 15 is 0 Å². The first-order valence-corrected chi connectivity index (χ1v) is 6.30. The molecule has 3 nitrogen and oxygen atoms in total. The van der Waals surface area contributed by atoms with E-state index in [1.165, 1.54) is 0 Å². The zero-order chi connectivity index (χ0) is 12.5. The summed E-state index contributed by atoms with van der Waals surface area (Å²) in [7, 11) is 0. The highest BCUT2D eigenvalue weighted by molar-refractivity contribution is 5.69. The third-order valence-electron chi connectivity index (χ3n) is 2.52. The lowest BCUT2D eigenvalue weighted by atomic mass is 10.2. The minimum Gasteiger partial charge on any atom is -0.466 e. The van der Waals surface area contributed by atoms with Crippen LogP contribution in [0.3, 0.4) is 0 Å². The Hall–Kier alpha value is -1.38. The minimum atomic E-state index is -0.0796. The Morgan fingerprint density at radius 1 is 1.35 bits per heavy atom. The van der Waals surface area contributed by atoms with Crippen molar-refractivity contribution in [2.24, 2.45) is 0 Å². The Morgan fingerprint density at radius 3 is 2.88 bits per heavy atom. The Bertz CT molecular complexity index is 350. The fourth-order valence-corrected chi connectivity index (χ4v) is 1.57. The first-order valence-electron chi connectivity index (χ1n) is 6.30. The number of ether oxygens (including phenoxy) is 1. The van der Waals surface area contributed by atoms with Crippen LogP contribution in [-0.2, 0) is 16.0 Å². The maximum atomic E-state index is 11.2. The van der Waals surface area contributed by atoms with Gasteiger partial charge in [-0.1, -0.05) is 19.4 Å². The van der Waals surface area contributed by atoms with Crippen molar-refractivity contribution in [1.82, 2.24) is 4.98 Å². The molecule has 1 rings (SSSR count). The Morgan fingerprint density at radius 2 is 2.18 bits per heavy atom. The average molecular weight is 235 g/mol. The van der Waals surface area contributed by atoms with Gasteiger partial charge in [0.05, 0.1) is 6.61 Å². The van der Waals surface area contributed by atoms with Gasteiger partial charge in [-0.05, 0) is 38.3 Å². The van der Waals surface area contributed by atoms with Gasteiger partial charge < -0.3 is 4.74 Å². The number of rotatable bonds is 7. The maximum Gasteiger partial charge on any atom is 0.305 e. The second-order valence-corrected chi connectivity index (χ2v) is 4.20. The molecule has 94 valence electrons. The van der Waals surface area contributed by atoms with Crippen molar-refractivity contribution in [1.29, 1.82) is 0 Å². The highest BCUT2D eigenvalue weighted by Gasteiger charge is 2.01. The van der Waals surface area contributed by atoms with Crippen LogP contribution in [0.2, 0.25) is 0 Å². The van der Waals surface area contributed by atoms with E-state index in [4.69, 9.17) is 4.74 Å². The molecule has 1 heterocycles. The molecule has 0 saturated heterocycles. The predicted octanol–water partition coefficient (Wildman–Crippen LogP) is 3.06. The molecule has 0 bridgehead atoms. The van der Waals surface area contributed by atoms with Gasteiger partial charge in [-0.2, -0.15) is 0 Å². The molecule has 0 atom stereocenters. The van der Waals surface area contributed by atoms with Crippen LogP contribution in [-0.4, -0.2) is 17.6 Å². The molecule has 1 aromatic rings. The van der Waals surface area contributed by atoms with Gasteiger partial charge >= 0.3 is 5.97 Å². The number of aryl methyl sites for hydroxylation is 2. The summed E-state index contributed by atoms with van der Waals surface area (Å²) in [4.78, 5) is 15.6. The van der Waals surface area contributed by atoms with Crippen LogP contribution in [0.15, 0.2) is 18.2 Å². The van der Waals surface area contributed by atoms with Gasteiger partial charge in [0.1, 0.15) is 0 Å². The third kappa shape index (κ3) is 6.05. The Kier molecular flexibility index (Phi) is 6.30. The lowest BCUT2D eigenvalue weighted by Gasteiger charge is -2.04. The lowest BCUT2D eigenvalue weighted by molar-refractivity contribution is -0.143. The van der Waals surface area contributed by atoms with Gasteiger partial charge in [0.25, 0.3) is 0 Å². The SMILES string of the molecule is CCCCC(=O)OCCCc1cccc(C)n1. The highest BCUT2D eigenvalue weighted by atomic mass is 16.5. The van der Waals surface area contributed by atoms with E-state index < -0.39 is 0 Å². The molecule has 0 aromatic carbocycles. The molecule has 1 aromatic heterocycles. The molecule has 3 heteroatoms. The van der Waals surface area contributed by atoms with E-state index in [1.807, 2.05) is 25.1 Å². The summed E-state index contributed by atoms with van der Waals surface area (Å²) < 4.78 is 5.13. The molecule has 0 aliphatic heterocycles. The molecule has 0 N–H and O–H groups in total. The summed E-state index contributed by atoms with van der Waals surface area (Å²) in [6.45, 7) is 4.54. The molecular formula is C14H21NO2. The van der Waals surface area contributed by atoms with Gasteiger partial charge in [-0.15, -0.1) is 0 Å². The number of hydrogen-bond donors (Lipinski definition) is 0. The number of hydrogen-bond acceptors (Lipinski definition) is 3. The normalized spacial score (nSPS) is 10.2. The van der Waals surface area contributed by atoms with Crippen LogP contribution in [0.1, 0.15) is 44.0 Å². The smallest absolute Gasteiger partial charge is 0.305 e. The van der Waals surface area contributed by atoms with Crippen molar-refractivity contribution < 1.29 is 9.53 Å². The summed E-state index contributed by atoms with van der Waals surface area (Å²) in [6, 6.07) is 5.99. The molecule has 0 unspecified atom stereocenters. The standard InChI is InChI=1S/C14H21NO2/c1-3-4-10-14(16)17-11-6-9-13-8-5-7-12(2)15-13/h5,7-8H,3-4,6,9-11H2,1-2H3. The monoisotopic (exact) mass is 235 g/mol. The molecule has 0 aliphatic carbocycles. The number of unbranched alkanes of at least 4 members (excludes halogenated alkanes) is 1. The third-order valence-corrected chi connectivity index (χ3v) is 2.52. The second kappa shape index (κ2) is 7.82. The predicted molar refractivity (Wildman–Crippen MR) is 67.8 cm³/mol. The zero-order valence-electron chi connectivity index (χ0n) is 10.7. The molecule has 0 radical (unpaired) electrons.